The van der Waals surface area contributed by atoms with Gasteiger partial charge in [0.1, 0.15) is 12.4 Å². The lowest BCUT2D eigenvalue weighted by atomic mass is 10.1. The fraction of sp³-hybridized carbons (Fsp3) is 0.227. The molecule has 0 aliphatic carbocycles. The van der Waals surface area contributed by atoms with Crippen LogP contribution < -0.4 is 4.90 Å². The van der Waals surface area contributed by atoms with Gasteiger partial charge in [0, 0.05) is 60.4 Å². The average molecular weight is 405 g/mol. The number of piperazine rings is 1. The molecule has 1 aliphatic rings. The van der Waals surface area contributed by atoms with Crippen LogP contribution >= 0.6 is 0 Å². The van der Waals surface area contributed by atoms with Crippen molar-refractivity contribution in [1.29, 1.82) is 0 Å². The van der Waals surface area contributed by atoms with E-state index in [1.54, 1.807) is 23.2 Å². The molecular weight excluding hydrogens is 385 g/mol. The summed E-state index contributed by atoms with van der Waals surface area (Å²) in [6.07, 6.45) is 5.41. The van der Waals surface area contributed by atoms with Gasteiger partial charge in [-0.1, -0.05) is 0 Å². The van der Waals surface area contributed by atoms with Crippen LogP contribution in [0.4, 0.5) is 10.1 Å². The fourth-order valence-corrected chi connectivity index (χ4v) is 4.10. The second-order valence-corrected chi connectivity index (χ2v) is 7.31. The first kappa shape index (κ1) is 18.5. The van der Waals surface area contributed by atoms with Crippen molar-refractivity contribution in [3.8, 4) is 5.69 Å². The van der Waals surface area contributed by atoms with Gasteiger partial charge in [-0.25, -0.2) is 9.07 Å². The van der Waals surface area contributed by atoms with Crippen LogP contribution in [0.2, 0.25) is 0 Å². The maximum Gasteiger partial charge on any atom is 0.248 e. The Bertz CT molecular complexity index is 1230. The monoisotopic (exact) mass is 405 g/mol. The Balaban J connectivity index is 1.60. The van der Waals surface area contributed by atoms with Gasteiger partial charge in [0.05, 0.1) is 17.4 Å². The van der Waals surface area contributed by atoms with Crippen molar-refractivity contribution in [2.45, 2.75) is 0 Å². The van der Waals surface area contributed by atoms with E-state index in [9.17, 15) is 9.18 Å². The van der Waals surface area contributed by atoms with E-state index >= 15 is 0 Å². The highest BCUT2D eigenvalue weighted by Gasteiger charge is 2.23. The Labute approximate surface area is 172 Å². The van der Waals surface area contributed by atoms with Crippen molar-refractivity contribution >= 4 is 33.3 Å². The van der Waals surface area contributed by atoms with Gasteiger partial charge in [-0.3, -0.25) is 9.78 Å². The SMILES string of the molecule is O=C(CO)N1CCN(c2cc3cnn(-c4ccc(F)cc4)c3c3ccncc23)CC1. The quantitative estimate of drug-likeness (QED) is 0.566. The number of hydrogen-bond acceptors (Lipinski definition) is 5. The van der Waals surface area contributed by atoms with E-state index in [-0.39, 0.29) is 11.7 Å². The van der Waals surface area contributed by atoms with E-state index in [4.69, 9.17) is 5.11 Å². The van der Waals surface area contributed by atoms with Crippen molar-refractivity contribution in [2.24, 2.45) is 0 Å². The Kier molecular flexibility index (Phi) is 4.55. The van der Waals surface area contributed by atoms with Crippen molar-refractivity contribution < 1.29 is 14.3 Å². The van der Waals surface area contributed by atoms with Gasteiger partial charge in [-0.05, 0) is 36.4 Å². The number of hydrogen-bond donors (Lipinski definition) is 1. The summed E-state index contributed by atoms with van der Waals surface area (Å²) in [6, 6.07) is 10.3. The van der Waals surface area contributed by atoms with E-state index in [1.165, 1.54) is 12.1 Å². The molecule has 1 fully saturated rings. The van der Waals surface area contributed by atoms with Gasteiger partial charge in [0.15, 0.2) is 0 Å². The van der Waals surface area contributed by atoms with E-state index in [0.29, 0.717) is 26.2 Å². The van der Waals surface area contributed by atoms with Crippen molar-refractivity contribution in [2.75, 3.05) is 37.7 Å². The molecule has 7 nitrogen and oxygen atoms in total. The van der Waals surface area contributed by atoms with Gasteiger partial charge < -0.3 is 14.9 Å². The van der Waals surface area contributed by atoms with Crippen LogP contribution in [0.5, 0.6) is 0 Å². The summed E-state index contributed by atoms with van der Waals surface area (Å²) in [4.78, 5) is 20.0. The number of aromatic nitrogens is 3. The van der Waals surface area contributed by atoms with Crippen LogP contribution in [0.1, 0.15) is 0 Å². The van der Waals surface area contributed by atoms with Crippen LogP contribution in [0.15, 0.2) is 55.0 Å². The van der Waals surface area contributed by atoms with Crippen LogP contribution in [0, 0.1) is 5.82 Å². The van der Waals surface area contributed by atoms with Gasteiger partial charge in [0.2, 0.25) is 5.91 Å². The second-order valence-electron chi connectivity index (χ2n) is 7.31. The third-order valence-electron chi connectivity index (χ3n) is 5.62. The molecule has 8 heteroatoms. The molecule has 2 aromatic heterocycles. The third kappa shape index (κ3) is 3.05. The molecule has 0 radical (unpaired) electrons. The first-order valence-electron chi connectivity index (χ1n) is 9.79. The largest absolute Gasteiger partial charge is 0.387 e. The van der Waals surface area contributed by atoms with Crippen LogP contribution in [0.3, 0.4) is 0 Å². The van der Waals surface area contributed by atoms with E-state index in [2.05, 4.69) is 21.0 Å². The predicted molar refractivity (Wildman–Crippen MR) is 112 cm³/mol. The van der Waals surface area contributed by atoms with Gasteiger partial charge in [0.25, 0.3) is 0 Å². The molecule has 0 spiro atoms. The lowest BCUT2D eigenvalue weighted by molar-refractivity contribution is -0.134. The molecule has 3 heterocycles. The van der Waals surface area contributed by atoms with E-state index in [0.717, 1.165) is 33.1 Å². The maximum absolute atomic E-state index is 13.4. The lowest BCUT2D eigenvalue weighted by Gasteiger charge is -2.36. The first-order chi connectivity index (χ1) is 14.7. The molecule has 30 heavy (non-hydrogen) atoms. The van der Waals surface area contributed by atoms with Gasteiger partial charge in [-0.15, -0.1) is 0 Å². The van der Waals surface area contributed by atoms with E-state index < -0.39 is 6.61 Å². The topological polar surface area (TPSA) is 74.5 Å². The number of carbonyl (C=O) groups excluding carboxylic acids is 1. The normalized spacial score (nSPS) is 14.6. The number of amides is 1. The summed E-state index contributed by atoms with van der Waals surface area (Å²) in [5.41, 5.74) is 2.77. The van der Waals surface area contributed by atoms with Crippen molar-refractivity contribution in [1.82, 2.24) is 19.7 Å². The standard InChI is InChI=1S/C22H20FN5O2/c23-16-1-3-17(4-2-16)28-22-15(12-25-28)11-20(19-13-24-6-5-18(19)22)26-7-9-27(10-8-26)21(30)14-29/h1-6,11-13,29H,7-10,14H2. The Hall–Kier alpha value is -3.52. The smallest absolute Gasteiger partial charge is 0.248 e. The number of aliphatic hydroxyl groups is 1. The minimum Gasteiger partial charge on any atom is -0.387 e. The summed E-state index contributed by atoms with van der Waals surface area (Å²) < 4.78 is 15.2. The van der Waals surface area contributed by atoms with Crippen molar-refractivity contribution in [3.63, 3.8) is 0 Å². The highest BCUT2D eigenvalue weighted by Crippen LogP contribution is 2.35. The summed E-state index contributed by atoms with van der Waals surface area (Å²) in [6.45, 7) is 2.02. The molecule has 0 unspecified atom stereocenters. The minimum atomic E-state index is -0.457. The summed E-state index contributed by atoms with van der Waals surface area (Å²) in [5.74, 6) is -0.525. The number of fused-ring (bicyclic) bond motifs is 3. The third-order valence-corrected chi connectivity index (χ3v) is 5.62. The zero-order chi connectivity index (χ0) is 20.7. The fourth-order valence-electron chi connectivity index (χ4n) is 4.10. The van der Waals surface area contributed by atoms with Gasteiger partial charge in [-0.2, -0.15) is 5.10 Å². The second kappa shape index (κ2) is 7.38. The summed E-state index contributed by atoms with van der Waals surface area (Å²) in [7, 11) is 0. The molecule has 4 aromatic rings. The Morgan fingerprint density at radius 2 is 1.80 bits per heavy atom. The van der Waals surface area contributed by atoms with E-state index in [1.807, 2.05) is 23.1 Å². The number of anilines is 1. The van der Waals surface area contributed by atoms with Crippen LogP contribution in [-0.4, -0.2) is 63.5 Å². The molecular formula is C22H20FN5O2. The number of rotatable bonds is 3. The average Bonchev–Trinajstić information content (AvgIpc) is 3.23. The summed E-state index contributed by atoms with van der Waals surface area (Å²) >= 11 is 0. The zero-order valence-corrected chi connectivity index (χ0v) is 16.2. The molecule has 1 aliphatic heterocycles. The highest BCUT2D eigenvalue weighted by atomic mass is 19.1. The maximum atomic E-state index is 13.4. The number of pyridine rings is 1. The molecule has 1 amide bonds. The number of benzene rings is 2. The predicted octanol–water partition coefficient (Wildman–Crippen LogP) is 2.35. The van der Waals surface area contributed by atoms with Crippen LogP contribution in [0.25, 0.3) is 27.4 Å². The Morgan fingerprint density at radius 3 is 2.53 bits per heavy atom. The highest BCUT2D eigenvalue weighted by molar-refractivity contribution is 6.11. The molecule has 1 N–H and O–H groups in total. The molecule has 0 bridgehead atoms. The molecule has 0 saturated carbocycles. The summed E-state index contributed by atoms with van der Waals surface area (Å²) in [5, 5.41) is 16.6. The molecule has 2 aromatic carbocycles. The molecule has 5 rings (SSSR count). The van der Waals surface area contributed by atoms with Gasteiger partial charge >= 0.3 is 0 Å². The molecule has 1 saturated heterocycles. The number of halogens is 1. The zero-order valence-electron chi connectivity index (χ0n) is 16.2. The van der Waals surface area contributed by atoms with Crippen LogP contribution in [-0.2, 0) is 4.79 Å². The number of nitrogens with zero attached hydrogens (tertiary/aromatic N) is 5. The Morgan fingerprint density at radius 1 is 1.03 bits per heavy atom. The molecule has 152 valence electrons. The first-order valence-corrected chi connectivity index (χ1v) is 9.79. The number of carbonyl (C=O) groups is 1. The molecule has 0 atom stereocenters. The minimum absolute atomic E-state index is 0.239. The lowest BCUT2D eigenvalue weighted by Crippen LogP contribution is -2.49. The number of aliphatic hydroxyl groups excluding tert-OH is 1. The van der Waals surface area contributed by atoms with Crippen molar-refractivity contribution in [3.05, 3.63) is 60.8 Å².